The summed E-state index contributed by atoms with van der Waals surface area (Å²) >= 11 is 3.89. The predicted molar refractivity (Wildman–Crippen MR) is 122 cm³/mol. The summed E-state index contributed by atoms with van der Waals surface area (Å²) in [5.74, 6) is 1.20. The standard InChI is InChI=1S/C23H32N2S2/c1-5-8-15-26-19-13-14-23-21(16-19)25(17-18(4)24(6-2)7-3)20-11-9-10-12-22(20)27-23/h9-14,16,18H,5-8,15,17H2,1-4H3. The third kappa shape index (κ3) is 4.85. The molecule has 1 unspecified atom stereocenters. The Morgan fingerprint density at radius 1 is 1.00 bits per heavy atom. The Kier molecular flexibility index (Phi) is 7.57. The molecule has 27 heavy (non-hydrogen) atoms. The van der Waals surface area contributed by atoms with E-state index in [1.807, 2.05) is 23.5 Å². The van der Waals surface area contributed by atoms with Crippen LogP contribution in [0.3, 0.4) is 0 Å². The maximum Gasteiger partial charge on any atom is 0.0564 e. The zero-order valence-corrected chi connectivity index (χ0v) is 18.7. The van der Waals surface area contributed by atoms with Crippen LogP contribution in [0.25, 0.3) is 0 Å². The normalized spacial score (nSPS) is 14.2. The Morgan fingerprint density at radius 3 is 2.48 bits per heavy atom. The molecule has 0 aliphatic carbocycles. The summed E-state index contributed by atoms with van der Waals surface area (Å²) in [5, 5.41) is 0. The molecule has 0 fully saturated rings. The largest absolute Gasteiger partial charge is 0.338 e. The van der Waals surface area contributed by atoms with Gasteiger partial charge in [-0.1, -0.05) is 51.1 Å². The van der Waals surface area contributed by atoms with Crippen molar-refractivity contribution >= 4 is 34.9 Å². The molecular formula is C23H32N2S2. The lowest BCUT2D eigenvalue weighted by molar-refractivity contribution is 0.236. The SMILES string of the molecule is CCCCSc1ccc2c(c1)N(CC(C)N(CC)CC)c1ccccc1S2. The van der Waals surface area contributed by atoms with Crippen LogP contribution in [0.15, 0.2) is 57.2 Å². The summed E-state index contributed by atoms with van der Waals surface area (Å²) in [6.07, 6.45) is 2.54. The first kappa shape index (κ1) is 20.6. The van der Waals surface area contributed by atoms with Gasteiger partial charge >= 0.3 is 0 Å². The van der Waals surface area contributed by atoms with E-state index in [2.05, 4.69) is 80.0 Å². The fourth-order valence-corrected chi connectivity index (χ4v) is 5.76. The van der Waals surface area contributed by atoms with Crippen LogP contribution in [0.4, 0.5) is 11.4 Å². The molecule has 1 heterocycles. The first-order valence-electron chi connectivity index (χ1n) is 10.2. The number of rotatable bonds is 9. The van der Waals surface area contributed by atoms with E-state index in [-0.39, 0.29) is 0 Å². The Balaban J connectivity index is 1.92. The van der Waals surface area contributed by atoms with Crippen molar-refractivity contribution < 1.29 is 0 Å². The topological polar surface area (TPSA) is 6.48 Å². The van der Waals surface area contributed by atoms with Crippen LogP contribution in [0.1, 0.15) is 40.5 Å². The highest BCUT2D eigenvalue weighted by atomic mass is 32.2. The van der Waals surface area contributed by atoms with Gasteiger partial charge in [-0.3, -0.25) is 4.90 Å². The quantitative estimate of drug-likeness (QED) is 0.333. The molecule has 2 aromatic carbocycles. The van der Waals surface area contributed by atoms with Crippen molar-refractivity contribution in [1.82, 2.24) is 4.90 Å². The van der Waals surface area contributed by atoms with Gasteiger partial charge in [0.15, 0.2) is 0 Å². The van der Waals surface area contributed by atoms with Gasteiger partial charge in [0, 0.05) is 27.3 Å². The van der Waals surface area contributed by atoms with E-state index in [4.69, 9.17) is 0 Å². The van der Waals surface area contributed by atoms with Crippen LogP contribution >= 0.6 is 23.5 Å². The molecule has 0 saturated heterocycles. The first-order chi connectivity index (χ1) is 13.2. The van der Waals surface area contributed by atoms with E-state index in [9.17, 15) is 0 Å². The molecule has 0 bridgehead atoms. The summed E-state index contributed by atoms with van der Waals surface area (Å²) in [5.41, 5.74) is 2.73. The Bertz CT molecular complexity index is 743. The Morgan fingerprint density at radius 2 is 1.74 bits per heavy atom. The van der Waals surface area contributed by atoms with Gasteiger partial charge in [-0.2, -0.15) is 0 Å². The van der Waals surface area contributed by atoms with Gasteiger partial charge in [-0.05, 0) is 62.5 Å². The van der Waals surface area contributed by atoms with Gasteiger partial charge in [-0.25, -0.2) is 0 Å². The summed E-state index contributed by atoms with van der Waals surface area (Å²) < 4.78 is 0. The number of nitrogens with zero attached hydrogens (tertiary/aromatic N) is 2. The minimum atomic E-state index is 0.514. The average Bonchev–Trinajstić information content (AvgIpc) is 2.69. The second-order valence-corrected chi connectivity index (χ2v) is 9.33. The fourth-order valence-electron chi connectivity index (χ4n) is 3.66. The predicted octanol–water partition coefficient (Wildman–Crippen LogP) is 6.91. The van der Waals surface area contributed by atoms with Crippen molar-refractivity contribution in [1.29, 1.82) is 0 Å². The molecule has 2 nitrogen and oxygen atoms in total. The van der Waals surface area contributed by atoms with E-state index < -0.39 is 0 Å². The van der Waals surface area contributed by atoms with Crippen LogP contribution in [-0.2, 0) is 0 Å². The average molecular weight is 401 g/mol. The molecule has 0 N–H and O–H groups in total. The van der Waals surface area contributed by atoms with Crippen molar-refractivity contribution in [2.24, 2.45) is 0 Å². The molecule has 0 aromatic heterocycles. The van der Waals surface area contributed by atoms with Gasteiger partial charge in [-0.15, -0.1) is 11.8 Å². The summed E-state index contributed by atoms with van der Waals surface area (Å²) in [4.78, 5) is 9.23. The highest BCUT2D eigenvalue weighted by molar-refractivity contribution is 8.00. The van der Waals surface area contributed by atoms with Crippen molar-refractivity contribution in [3.8, 4) is 0 Å². The Labute approximate surface area is 173 Å². The molecule has 0 radical (unpaired) electrons. The smallest absolute Gasteiger partial charge is 0.0564 e. The summed E-state index contributed by atoms with van der Waals surface area (Å²) in [6.45, 7) is 12.4. The van der Waals surface area contributed by atoms with E-state index in [0.717, 1.165) is 19.6 Å². The molecule has 1 aliphatic rings. The van der Waals surface area contributed by atoms with Crippen molar-refractivity contribution in [2.75, 3.05) is 30.3 Å². The van der Waals surface area contributed by atoms with E-state index in [0.29, 0.717) is 6.04 Å². The van der Waals surface area contributed by atoms with Crippen LogP contribution in [0.2, 0.25) is 0 Å². The number of fused-ring (bicyclic) bond motifs is 2. The number of hydrogen-bond acceptors (Lipinski definition) is 4. The van der Waals surface area contributed by atoms with E-state index >= 15 is 0 Å². The van der Waals surface area contributed by atoms with E-state index in [1.165, 1.54) is 44.7 Å². The molecule has 2 aromatic rings. The zero-order chi connectivity index (χ0) is 19.2. The lowest BCUT2D eigenvalue weighted by Gasteiger charge is -2.37. The zero-order valence-electron chi connectivity index (χ0n) is 17.1. The second-order valence-electron chi connectivity index (χ2n) is 7.08. The van der Waals surface area contributed by atoms with Crippen molar-refractivity contribution in [2.45, 2.75) is 61.3 Å². The third-order valence-corrected chi connectivity index (χ3v) is 7.46. The second kappa shape index (κ2) is 9.90. The fraction of sp³-hybridized carbons (Fsp3) is 0.478. The molecule has 146 valence electrons. The lowest BCUT2D eigenvalue weighted by Crippen LogP contribution is -2.41. The number of hydrogen-bond donors (Lipinski definition) is 0. The minimum Gasteiger partial charge on any atom is -0.338 e. The number of para-hydroxylation sites is 1. The van der Waals surface area contributed by atoms with Crippen molar-refractivity contribution in [3.05, 3.63) is 42.5 Å². The molecule has 0 amide bonds. The number of unbranched alkanes of at least 4 members (excludes halogenated alkanes) is 1. The Hall–Kier alpha value is -1.10. The van der Waals surface area contributed by atoms with Gasteiger partial charge in [0.25, 0.3) is 0 Å². The van der Waals surface area contributed by atoms with E-state index in [1.54, 1.807) is 0 Å². The van der Waals surface area contributed by atoms with Gasteiger partial charge in [0.2, 0.25) is 0 Å². The van der Waals surface area contributed by atoms with Gasteiger partial charge < -0.3 is 4.90 Å². The number of thioether (sulfide) groups is 1. The van der Waals surface area contributed by atoms with Crippen LogP contribution in [-0.4, -0.2) is 36.3 Å². The highest BCUT2D eigenvalue weighted by Crippen LogP contribution is 2.49. The maximum atomic E-state index is 2.55. The third-order valence-electron chi connectivity index (χ3n) is 5.25. The monoisotopic (exact) mass is 400 g/mol. The van der Waals surface area contributed by atoms with Gasteiger partial charge in [0.1, 0.15) is 0 Å². The maximum absolute atomic E-state index is 2.55. The summed E-state index contributed by atoms with van der Waals surface area (Å²) in [7, 11) is 0. The molecule has 3 rings (SSSR count). The van der Waals surface area contributed by atoms with Gasteiger partial charge in [0.05, 0.1) is 11.4 Å². The van der Waals surface area contributed by atoms with Crippen LogP contribution in [0.5, 0.6) is 0 Å². The number of anilines is 2. The summed E-state index contributed by atoms with van der Waals surface area (Å²) in [6, 6.07) is 16.4. The first-order valence-corrected chi connectivity index (χ1v) is 12.0. The highest BCUT2D eigenvalue weighted by Gasteiger charge is 2.26. The lowest BCUT2D eigenvalue weighted by atomic mass is 10.1. The van der Waals surface area contributed by atoms with Crippen LogP contribution in [0, 0.1) is 0 Å². The molecule has 0 spiro atoms. The molecule has 1 atom stereocenters. The minimum absolute atomic E-state index is 0.514. The molecule has 4 heteroatoms. The van der Waals surface area contributed by atoms with Crippen molar-refractivity contribution in [3.63, 3.8) is 0 Å². The molecule has 1 aliphatic heterocycles. The molecular weight excluding hydrogens is 368 g/mol. The number of benzene rings is 2. The number of likely N-dealkylation sites (N-methyl/N-ethyl adjacent to an activating group) is 1. The van der Waals surface area contributed by atoms with Crippen LogP contribution < -0.4 is 4.90 Å². The molecule has 0 saturated carbocycles.